The van der Waals surface area contributed by atoms with Gasteiger partial charge in [-0.3, -0.25) is 0 Å². The van der Waals surface area contributed by atoms with Crippen LogP contribution in [0.1, 0.15) is 5.56 Å². The molecule has 43 heavy (non-hydrogen) atoms. The standard InChI is InChI=1S/C32H42N2O9/c1-36-25-12-11-22(17-30(25)39-4)13-14-33-18-23(35)20-41-28-9-6-10-29-32(28)42-21-24(43-29)19-34-15-16-40-31-26(37-2)7-5-8-27(31)38-3/h5-12,17,23-24,33-35H,13-16,18-21H2,1-4H3. The van der Waals surface area contributed by atoms with Crippen molar-refractivity contribution in [3.63, 3.8) is 0 Å². The van der Waals surface area contributed by atoms with Gasteiger partial charge in [0.25, 0.3) is 0 Å². The minimum Gasteiger partial charge on any atom is -0.493 e. The highest BCUT2D eigenvalue weighted by Crippen LogP contribution is 2.40. The van der Waals surface area contributed by atoms with Gasteiger partial charge in [0.2, 0.25) is 11.5 Å². The third-order valence-electron chi connectivity index (χ3n) is 6.78. The van der Waals surface area contributed by atoms with E-state index < -0.39 is 6.10 Å². The Morgan fingerprint density at radius 3 is 2.28 bits per heavy atom. The molecule has 3 N–H and O–H groups in total. The number of hydrogen-bond acceptors (Lipinski definition) is 11. The van der Waals surface area contributed by atoms with Crippen LogP contribution in [0.4, 0.5) is 0 Å². The average molecular weight is 599 g/mol. The minimum atomic E-state index is -0.694. The van der Waals surface area contributed by atoms with Gasteiger partial charge in [0.05, 0.1) is 28.4 Å². The largest absolute Gasteiger partial charge is 0.493 e. The molecule has 1 aliphatic heterocycles. The number of methoxy groups -OCH3 is 4. The summed E-state index contributed by atoms with van der Waals surface area (Å²) in [7, 11) is 6.43. The van der Waals surface area contributed by atoms with Crippen LogP contribution in [0, 0.1) is 0 Å². The fourth-order valence-corrected chi connectivity index (χ4v) is 4.57. The first-order valence-corrected chi connectivity index (χ1v) is 14.3. The molecule has 3 aromatic carbocycles. The van der Waals surface area contributed by atoms with Crippen LogP contribution >= 0.6 is 0 Å². The Morgan fingerprint density at radius 2 is 1.53 bits per heavy atom. The fraction of sp³-hybridized carbons (Fsp3) is 0.438. The van der Waals surface area contributed by atoms with Crippen molar-refractivity contribution in [3.8, 4) is 46.0 Å². The number of ether oxygens (including phenoxy) is 8. The first kappa shape index (κ1) is 31.9. The zero-order valence-electron chi connectivity index (χ0n) is 25.2. The summed E-state index contributed by atoms with van der Waals surface area (Å²) >= 11 is 0. The third kappa shape index (κ3) is 8.96. The summed E-state index contributed by atoms with van der Waals surface area (Å²) in [6, 6.07) is 16.8. The minimum absolute atomic E-state index is 0.116. The van der Waals surface area contributed by atoms with Crippen molar-refractivity contribution in [1.82, 2.24) is 10.6 Å². The molecular formula is C32H42N2O9. The number of aliphatic hydroxyl groups excluding tert-OH is 1. The van der Waals surface area contributed by atoms with Crippen LogP contribution in [-0.2, 0) is 6.42 Å². The molecule has 0 bridgehead atoms. The number of benzene rings is 3. The van der Waals surface area contributed by atoms with E-state index in [2.05, 4.69) is 10.6 Å². The Labute approximate surface area is 252 Å². The molecule has 0 spiro atoms. The van der Waals surface area contributed by atoms with Gasteiger partial charge in [0, 0.05) is 19.6 Å². The van der Waals surface area contributed by atoms with E-state index in [9.17, 15) is 5.11 Å². The molecule has 0 fully saturated rings. The van der Waals surface area contributed by atoms with E-state index in [1.807, 2.05) is 48.5 Å². The quantitative estimate of drug-likeness (QED) is 0.188. The molecule has 1 aliphatic rings. The highest BCUT2D eigenvalue weighted by Gasteiger charge is 2.24. The molecule has 0 saturated carbocycles. The second kappa shape index (κ2) is 16.5. The van der Waals surface area contributed by atoms with Gasteiger partial charge >= 0.3 is 0 Å². The van der Waals surface area contributed by atoms with Gasteiger partial charge in [0.15, 0.2) is 34.5 Å². The lowest BCUT2D eigenvalue weighted by atomic mass is 10.1. The number of aliphatic hydroxyl groups is 1. The molecule has 2 atom stereocenters. The molecule has 0 aromatic heterocycles. The Kier molecular flexibility index (Phi) is 12.3. The van der Waals surface area contributed by atoms with Gasteiger partial charge in [-0.1, -0.05) is 18.2 Å². The molecule has 1 heterocycles. The first-order chi connectivity index (χ1) is 21.1. The van der Waals surface area contributed by atoms with Crippen LogP contribution in [0.2, 0.25) is 0 Å². The summed E-state index contributed by atoms with van der Waals surface area (Å²) in [6.07, 6.45) is -0.0880. The van der Waals surface area contributed by atoms with Crippen molar-refractivity contribution < 1.29 is 43.0 Å². The molecular weight excluding hydrogens is 556 g/mol. The monoisotopic (exact) mass is 598 g/mol. The van der Waals surface area contributed by atoms with Crippen LogP contribution in [0.3, 0.4) is 0 Å². The highest BCUT2D eigenvalue weighted by molar-refractivity contribution is 5.52. The molecule has 4 rings (SSSR count). The molecule has 0 amide bonds. The smallest absolute Gasteiger partial charge is 0.203 e. The predicted molar refractivity (Wildman–Crippen MR) is 162 cm³/mol. The van der Waals surface area contributed by atoms with E-state index in [4.69, 9.17) is 37.9 Å². The normalized spacial score (nSPS) is 14.5. The SMILES string of the molecule is COc1ccc(CCNCC(O)COc2cccc3c2OCC(CNCCOc2c(OC)cccc2OC)O3)cc1OC. The average Bonchev–Trinajstić information content (AvgIpc) is 3.05. The second-order valence-electron chi connectivity index (χ2n) is 9.79. The van der Waals surface area contributed by atoms with Gasteiger partial charge in [-0.2, -0.15) is 0 Å². The Balaban J connectivity index is 1.15. The van der Waals surface area contributed by atoms with E-state index in [0.717, 1.165) is 12.0 Å². The van der Waals surface area contributed by atoms with E-state index in [0.29, 0.717) is 85.4 Å². The second-order valence-corrected chi connectivity index (χ2v) is 9.79. The van der Waals surface area contributed by atoms with Crippen LogP contribution in [0.25, 0.3) is 0 Å². The maximum atomic E-state index is 10.4. The molecule has 0 aliphatic carbocycles. The number of para-hydroxylation sites is 2. The summed E-state index contributed by atoms with van der Waals surface area (Å²) in [5, 5.41) is 17.1. The molecule has 0 radical (unpaired) electrons. The summed E-state index contributed by atoms with van der Waals surface area (Å²) < 4.78 is 45.3. The predicted octanol–water partition coefficient (Wildman–Crippen LogP) is 3.10. The van der Waals surface area contributed by atoms with E-state index in [1.54, 1.807) is 34.5 Å². The van der Waals surface area contributed by atoms with E-state index in [-0.39, 0.29) is 12.7 Å². The maximum Gasteiger partial charge on any atom is 0.203 e. The molecule has 3 aromatic rings. The Hall–Kier alpha value is -4.06. The Morgan fingerprint density at radius 1 is 0.814 bits per heavy atom. The van der Waals surface area contributed by atoms with Crippen LogP contribution in [0.15, 0.2) is 54.6 Å². The molecule has 0 saturated heterocycles. The van der Waals surface area contributed by atoms with E-state index in [1.165, 1.54) is 0 Å². The third-order valence-corrected chi connectivity index (χ3v) is 6.78. The van der Waals surface area contributed by atoms with Crippen molar-refractivity contribution in [3.05, 3.63) is 60.2 Å². The van der Waals surface area contributed by atoms with Gasteiger partial charge in [0.1, 0.15) is 32.0 Å². The van der Waals surface area contributed by atoms with Crippen molar-refractivity contribution >= 4 is 0 Å². The number of fused-ring (bicyclic) bond motifs is 1. The van der Waals surface area contributed by atoms with Crippen LogP contribution in [0.5, 0.6) is 46.0 Å². The summed E-state index contributed by atoms with van der Waals surface area (Å²) in [4.78, 5) is 0. The zero-order valence-corrected chi connectivity index (χ0v) is 25.2. The van der Waals surface area contributed by atoms with Gasteiger partial charge in [-0.15, -0.1) is 0 Å². The summed E-state index contributed by atoms with van der Waals surface area (Å²) in [6.45, 7) is 3.16. The van der Waals surface area contributed by atoms with Crippen LogP contribution < -0.4 is 48.5 Å². The fourth-order valence-electron chi connectivity index (χ4n) is 4.57. The number of rotatable bonds is 18. The summed E-state index contributed by atoms with van der Waals surface area (Å²) in [5.74, 6) is 4.89. The van der Waals surface area contributed by atoms with Crippen molar-refractivity contribution in [2.24, 2.45) is 0 Å². The topological polar surface area (TPSA) is 118 Å². The van der Waals surface area contributed by atoms with Crippen molar-refractivity contribution in [2.45, 2.75) is 18.6 Å². The lowest BCUT2D eigenvalue weighted by molar-refractivity contribution is 0.0771. The molecule has 11 heteroatoms. The van der Waals surface area contributed by atoms with Crippen LogP contribution in [-0.4, -0.2) is 91.8 Å². The number of nitrogens with one attached hydrogen (secondary N) is 2. The highest BCUT2D eigenvalue weighted by atomic mass is 16.6. The zero-order chi connectivity index (χ0) is 30.4. The lowest BCUT2D eigenvalue weighted by Crippen LogP contribution is -2.39. The van der Waals surface area contributed by atoms with Gasteiger partial charge in [-0.25, -0.2) is 0 Å². The first-order valence-electron chi connectivity index (χ1n) is 14.3. The molecule has 234 valence electrons. The van der Waals surface area contributed by atoms with Gasteiger partial charge < -0.3 is 53.6 Å². The van der Waals surface area contributed by atoms with Crippen molar-refractivity contribution in [1.29, 1.82) is 0 Å². The molecule has 11 nitrogen and oxygen atoms in total. The van der Waals surface area contributed by atoms with E-state index >= 15 is 0 Å². The lowest BCUT2D eigenvalue weighted by Gasteiger charge is -2.28. The summed E-state index contributed by atoms with van der Waals surface area (Å²) in [5.41, 5.74) is 1.11. The van der Waals surface area contributed by atoms with Crippen molar-refractivity contribution in [2.75, 3.05) is 74.4 Å². The molecule has 2 unspecified atom stereocenters. The Bertz CT molecular complexity index is 1270. The van der Waals surface area contributed by atoms with Gasteiger partial charge in [-0.05, 0) is 54.9 Å². The number of hydrogen-bond donors (Lipinski definition) is 3. The maximum absolute atomic E-state index is 10.4.